The smallest absolute Gasteiger partial charge is 0.324 e. The van der Waals surface area contributed by atoms with E-state index in [9.17, 15) is 19.7 Å². The first kappa shape index (κ1) is 20.4. The van der Waals surface area contributed by atoms with Crippen LogP contribution in [0.3, 0.4) is 0 Å². The third-order valence-corrected chi connectivity index (χ3v) is 7.14. The summed E-state index contributed by atoms with van der Waals surface area (Å²) in [5, 5.41) is 11.8. The first-order valence-corrected chi connectivity index (χ1v) is 11.3. The quantitative estimate of drug-likeness (QED) is 0.428. The van der Waals surface area contributed by atoms with Crippen molar-refractivity contribution < 1.29 is 14.5 Å². The monoisotopic (exact) mass is 444 g/mol. The molecule has 0 spiro atoms. The summed E-state index contributed by atoms with van der Waals surface area (Å²) in [4.78, 5) is 43.7. The van der Waals surface area contributed by atoms with Crippen LogP contribution in [0.25, 0.3) is 10.2 Å². The van der Waals surface area contributed by atoms with Crippen molar-refractivity contribution in [2.24, 2.45) is 0 Å². The van der Waals surface area contributed by atoms with Crippen molar-refractivity contribution in [1.29, 1.82) is 0 Å². The second-order valence-corrected chi connectivity index (χ2v) is 9.17. The standard InChI is InChI=1S/C20H20N4O4S2/c25-18(7-3-6-17-21-14-4-1-2-5-15(14)29-17)22-10-12-23(13-11-22)20(26)16-8-9-19(30-16)24(27)28/h1-2,4-5,8-9H,3,6-7,10-13H2. The van der Waals surface area contributed by atoms with Crippen LogP contribution in [0.1, 0.15) is 27.5 Å². The molecule has 10 heteroatoms. The lowest BCUT2D eigenvalue weighted by molar-refractivity contribution is -0.380. The molecule has 1 fully saturated rings. The topological polar surface area (TPSA) is 96.7 Å². The van der Waals surface area contributed by atoms with Gasteiger partial charge in [-0.25, -0.2) is 4.98 Å². The Labute approximate surface area is 180 Å². The van der Waals surface area contributed by atoms with Crippen molar-refractivity contribution >= 4 is 49.7 Å². The summed E-state index contributed by atoms with van der Waals surface area (Å²) in [6.45, 7) is 1.85. The van der Waals surface area contributed by atoms with Gasteiger partial charge in [0.05, 0.1) is 25.0 Å². The minimum Gasteiger partial charge on any atom is -0.339 e. The summed E-state index contributed by atoms with van der Waals surface area (Å²) in [7, 11) is 0. The summed E-state index contributed by atoms with van der Waals surface area (Å²) in [6, 6.07) is 10.9. The fourth-order valence-corrected chi connectivity index (χ4v) is 5.23. The Bertz CT molecular complexity index is 1050. The number of aryl methyl sites for hydroxylation is 1. The van der Waals surface area contributed by atoms with Gasteiger partial charge in [-0.1, -0.05) is 23.5 Å². The Morgan fingerprint density at radius 3 is 2.47 bits per heavy atom. The highest BCUT2D eigenvalue weighted by Gasteiger charge is 2.26. The summed E-state index contributed by atoms with van der Waals surface area (Å²) < 4.78 is 1.16. The van der Waals surface area contributed by atoms with Crippen molar-refractivity contribution in [1.82, 2.24) is 14.8 Å². The molecule has 0 saturated carbocycles. The fraction of sp³-hybridized carbons (Fsp3) is 0.350. The molecule has 1 saturated heterocycles. The summed E-state index contributed by atoms with van der Waals surface area (Å²) in [5.74, 6) is -0.119. The minimum absolute atomic E-state index is 0.0414. The summed E-state index contributed by atoms with van der Waals surface area (Å²) in [5.41, 5.74) is 1.00. The predicted molar refractivity (Wildman–Crippen MR) is 116 cm³/mol. The number of hydrogen-bond acceptors (Lipinski definition) is 7. The zero-order chi connectivity index (χ0) is 21.1. The lowest BCUT2D eigenvalue weighted by Gasteiger charge is -2.34. The fourth-order valence-electron chi connectivity index (χ4n) is 3.43. The summed E-state index contributed by atoms with van der Waals surface area (Å²) >= 11 is 2.55. The van der Waals surface area contributed by atoms with E-state index in [4.69, 9.17) is 0 Å². The predicted octanol–water partition coefficient (Wildman–Crippen LogP) is 3.57. The molecular weight excluding hydrogens is 424 g/mol. The molecule has 2 aromatic heterocycles. The average molecular weight is 445 g/mol. The lowest BCUT2D eigenvalue weighted by Crippen LogP contribution is -2.50. The van der Waals surface area contributed by atoms with E-state index in [1.807, 2.05) is 18.2 Å². The van der Waals surface area contributed by atoms with E-state index in [1.54, 1.807) is 21.1 Å². The number of aromatic nitrogens is 1. The van der Waals surface area contributed by atoms with Crippen LogP contribution in [0.4, 0.5) is 5.00 Å². The van der Waals surface area contributed by atoms with Crippen LogP contribution in [0.5, 0.6) is 0 Å². The molecule has 0 N–H and O–H groups in total. The zero-order valence-electron chi connectivity index (χ0n) is 16.2. The van der Waals surface area contributed by atoms with Gasteiger partial charge in [0.2, 0.25) is 5.91 Å². The maximum absolute atomic E-state index is 12.5. The van der Waals surface area contributed by atoms with Crippen LogP contribution in [0, 0.1) is 10.1 Å². The molecule has 3 aromatic rings. The first-order valence-electron chi connectivity index (χ1n) is 9.67. The zero-order valence-corrected chi connectivity index (χ0v) is 17.8. The Morgan fingerprint density at radius 2 is 1.77 bits per heavy atom. The number of amides is 2. The van der Waals surface area contributed by atoms with Crippen molar-refractivity contribution in [3.63, 3.8) is 0 Å². The Balaban J connectivity index is 1.23. The number of nitro groups is 1. The Hall–Kier alpha value is -2.85. The second-order valence-electron chi connectivity index (χ2n) is 7.00. The summed E-state index contributed by atoms with van der Waals surface area (Å²) in [6.07, 6.45) is 1.98. The van der Waals surface area contributed by atoms with Crippen molar-refractivity contribution in [3.8, 4) is 0 Å². The average Bonchev–Trinajstić information content (AvgIpc) is 3.40. The van der Waals surface area contributed by atoms with Crippen molar-refractivity contribution in [3.05, 3.63) is 56.4 Å². The minimum atomic E-state index is -0.494. The van der Waals surface area contributed by atoms with Gasteiger partial charge in [-0.05, 0) is 31.0 Å². The number of nitrogens with zero attached hydrogens (tertiary/aromatic N) is 4. The number of benzene rings is 1. The normalized spacial score (nSPS) is 14.3. The van der Waals surface area contributed by atoms with Gasteiger partial charge in [0.15, 0.2) is 0 Å². The third kappa shape index (κ3) is 4.49. The molecule has 1 aromatic carbocycles. The molecule has 4 rings (SSSR count). The van der Waals surface area contributed by atoms with Crippen LogP contribution in [0.2, 0.25) is 0 Å². The molecule has 1 aliphatic rings. The van der Waals surface area contributed by atoms with Crippen LogP contribution < -0.4 is 0 Å². The van der Waals surface area contributed by atoms with Crippen LogP contribution >= 0.6 is 22.7 Å². The molecule has 30 heavy (non-hydrogen) atoms. The van der Waals surface area contributed by atoms with Crippen molar-refractivity contribution in [2.75, 3.05) is 26.2 Å². The molecule has 0 radical (unpaired) electrons. The molecule has 156 valence electrons. The molecule has 0 unspecified atom stereocenters. The lowest BCUT2D eigenvalue weighted by atomic mass is 10.2. The van der Waals surface area contributed by atoms with E-state index in [0.29, 0.717) is 37.5 Å². The van der Waals surface area contributed by atoms with E-state index in [-0.39, 0.29) is 16.8 Å². The van der Waals surface area contributed by atoms with Crippen LogP contribution in [-0.4, -0.2) is 57.7 Å². The number of hydrogen-bond donors (Lipinski definition) is 0. The third-order valence-electron chi connectivity index (χ3n) is 5.02. The van der Waals surface area contributed by atoms with Gasteiger partial charge in [0, 0.05) is 38.7 Å². The molecule has 8 nitrogen and oxygen atoms in total. The highest BCUT2D eigenvalue weighted by molar-refractivity contribution is 7.18. The van der Waals surface area contributed by atoms with E-state index < -0.39 is 4.92 Å². The van der Waals surface area contributed by atoms with Gasteiger partial charge < -0.3 is 9.80 Å². The van der Waals surface area contributed by atoms with Gasteiger partial charge in [0.25, 0.3) is 5.91 Å². The number of piperazine rings is 1. The number of rotatable bonds is 6. The Morgan fingerprint density at radius 1 is 1.03 bits per heavy atom. The number of para-hydroxylation sites is 1. The molecule has 3 heterocycles. The number of carbonyl (C=O) groups excluding carboxylic acids is 2. The van der Waals surface area contributed by atoms with Gasteiger partial charge >= 0.3 is 5.00 Å². The largest absolute Gasteiger partial charge is 0.339 e. The second kappa shape index (κ2) is 8.88. The molecular formula is C20H20N4O4S2. The van der Waals surface area contributed by atoms with E-state index in [1.165, 1.54) is 12.1 Å². The van der Waals surface area contributed by atoms with Gasteiger partial charge in [-0.3, -0.25) is 19.7 Å². The molecule has 2 amide bonds. The molecule has 0 atom stereocenters. The number of thiophene rings is 1. The van der Waals surface area contributed by atoms with Crippen molar-refractivity contribution in [2.45, 2.75) is 19.3 Å². The van der Waals surface area contributed by atoms with Gasteiger partial charge in [-0.2, -0.15) is 0 Å². The molecule has 0 bridgehead atoms. The highest BCUT2D eigenvalue weighted by atomic mass is 32.1. The maximum atomic E-state index is 12.5. The van der Waals surface area contributed by atoms with Crippen LogP contribution in [0.15, 0.2) is 36.4 Å². The molecule has 0 aliphatic carbocycles. The van der Waals surface area contributed by atoms with Crippen LogP contribution in [-0.2, 0) is 11.2 Å². The SMILES string of the molecule is O=C(CCCc1nc2ccccc2s1)N1CCN(C(=O)c2ccc([N+](=O)[O-])s2)CC1. The molecule has 1 aliphatic heterocycles. The number of fused-ring (bicyclic) bond motifs is 1. The van der Waals surface area contributed by atoms with Gasteiger partial charge in [-0.15, -0.1) is 11.3 Å². The Kier molecular flexibility index (Phi) is 6.05. The van der Waals surface area contributed by atoms with E-state index >= 15 is 0 Å². The first-order chi connectivity index (χ1) is 14.5. The highest BCUT2D eigenvalue weighted by Crippen LogP contribution is 2.26. The number of carbonyl (C=O) groups is 2. The maximum Gasteiger partial charge on any atom is 0.324 e. The van der Waals surface area contributed by atoms with E-state index in [0.717, 1.165) is 39.4 Å². The number of thiazole rings is 1. The van der Waals surface area contributed by atoms with Gasteiger partial charge in [0.1, 0.15) is 0 Å². The van der Waals surface area contributed by atoms with E-state index in [2.05, 4.69) is 11.1 Å².